The molecule has 1 unspecified atom stereocenters. The third kappa shape index (κ3) is 2.36. The summed E-state index contributed by atoms with van der Waals surface area (Å²) in [6.45, 7) is 0. The van der Waals surface area contributed by atoms with E-state index in [2.05, 4.69) is 0 Å². The fourth-order valence-electron chi connectivity index (χ4n) is 2.14. The first-order chi connectivity index (χ1) is 7.22. The lowest BCUT2D eigenvalue weighted by Crippen LogP contribution is -2.28. The average Bonchev–Trinajstić information content (AvgIpc) is 2.26. The first-order valence-corrected chi connectivity index (χ1v) is 5.17. The third-order valence-electron chi connectivity index (χ3n) is 2.93. The normalized spacial score (nSPS) is 18.2. The van der Waals surface area contributed by atoms with Gasteiger partial charge in [0, 0.05) is 6.04 Å². The summed E-state index contributed by atoms with van der Waals surface area (Å²) in [6.07, 6.45) is 2.68. The van der Waals surface area contributed by atoms with E-state index in [0.29, 0.717) is 5.56 Å². The fourth-order valence-corrected chi connectivity index (χ4v) is 2.14. The molecule has 3 nitrogen and oxygen atoms in total. The molecule has 1 aromatic carbocycles. The summed E-state index contributed by atoms with van der Waals surface area (Å²) in [4.78, 5) is 11.5. The highest BCUT2D eigenvalue weighted by molar-refractivity contribution is 5.91. The lowest BCUT2D eigenvalue weighted by Gasteiger charge is -2.22. The van der Waals surface area contributed by atoms with Gasteiger partial charge in [-0.25, -0.2) is 4.79 Å². The Labute approximate surface area is 101 Å². The van der Waals surface area contributed by atoms with E-state index < -0.39 is 0 Å². The fraction of sp³-hybridized carbons (Fsp3) is 0.417. The maximum atomic E-state index is 11.5. The summed E-state index contributed by atoms with van der Waals surface area (Å²) in [5.41, 5.74) is 8.90. The Morgan fingerprint density at radius 2 is 2.25 bits per heavy atom. The predicted molar refractivity (Wildman–Crippen MR) is 65.0 cm³/mol. The van der Waals surface area contributed by atoms with Crippen LogP contribution in [-0.2, 0) is 17.6 Å². The molecule has 0 spiro atoms. The number of nitrogens with two attached hydrogens (primary N) is 1. The average molecular weight is 242 g/mol. The van der Waals surface area contributed by atoms with E-state index in [0.717, 1.165) is 24.8 Å². The Morgan fingerprint density at radius 1 is 1.50 bits per heavy atom. The number of esters is 1. The van der Waals surface area contributed by atoms with Gasteiger partial charge in [-0.15, -0.1) is 12.4 Å². The van der Waals surface area contributed by atoms with Crippen LogP contribution in [0, 0.1) is 0 Å². The molecular weight excluding hydrogens is 226 g/mol. The molecular formula is C12H16ClNO2. The molecule has 0 saturated carbocycles. The molecule has 0 aliphatic heterocycles. The summed E-state index contributed by atoms with van der Waals surface area (Å²) in [5.74, 6) is -0.248. The van der Waals surface area contributed by atoms with Crippen molar-refractivity contribution in [1.82, 2.24) is 0 Å². The second-order valence-electron chi connectivity index (χ2n) is 3.94. The summed E-state index contributed by atoms with van der Waals surface area (Å²) < 4.78 is 4.76. The zero-order chi connectivity index (χ0) is 10.8. The smallest absolute Gasteiger partial charge is 0.338 e. The molecule has 16 heavy (non-hydrogen) atoms. The molecule has 0 amide bonds. The van der Waals surface area contributed by atoms with Gasteiger partial charge < -0.3 is 10.5 Å². The minimum absolute atomic E-state index is 0. The third-order valence-corrected chi connectivity index (χ3v) is 2.93. The van der Waals surface area contributed by atoms with Gasteiger partial charge in [0.2, 0.25) is 0 Å². The maximum Gasteiger partial charge on any atom is 0.338 e. The number of hydrogen-bond acceptors (Lipinski definition) is 3. The van der Waals surface area contributed by atoms with Gasteiger partial charge >= 0.3 is 5.97 Å². The molecule has 1 aromatic rings. The Balaban J connectivity index is 0.00000128. The van der Waals surface area contributed by atoms with Crippen molar-refractivity contribution in [3.05, 3.63) is 34.9 Å². The maximum absolute atomic E-state index is 11.5. The lowest BCUT2D eigenvalue weighted by molar-refractivity contribution is 0.0599. The van der Waals surface area contributed by atoms with Gasteiger partial charge in [-0.05, 0) is 36.5 Å². The van der Waals surface area contributed by atoms with Crippen molar-refractivity contribution in [2.45, 2.75) is 25.3 Å². The highest BCUT2D eigenvalue weighted by Crippen LogP contribution is 2.24. The van der Waals surface area contributed by atoms with E-state index in [1.54, 1.807) is 0 Å². The van der Waals surface area contributed by atoms with Gasteiger partial charge in [0.05, 0.1) is 12.7 Å². The van der Waals surface area contributed by atoms with Crippen LogP contribution < -0.4 is 5.73 Å². The molecule has 0 heterocycles. The molecule has 1 aliphatic carbocycles. The molecule has 0 saturated heterocycles. The Morgan fingerprint density at radius 3 is 2.94 bits per heavy atom. The van der Waals surface area contributed by atoms with E-state index in [1.807, 2.05) is 18.2 Å². The largest absolute Gasteiger partial charge is 0.465 e. The number of methoxy groups -OCH3 is 1. The Bertz CT molecular complexity index is 393. The molecule has 2 N–H and O–H groups in total. The van der Waals surface area contributed by atoms with Gasteiger partial charge in [0.15, 0.2) is 0 Å². The summed E-state index contributed by atoms with van der Waals surface area (Å²) in [7, 11) is 1.41. The molecule has 0 radical (unpaired) electrons. The van der Waals surface area contributed by atoms with Crippen LogP contribution in [0.1, 0.15) is 27.9 Å². The first kappa shape index (κ1) is 13.0. The Kier molecular flexibility index (Phi) is 4.33. The molecule has 4 heteroatoms. The highest BCUT2D eigenvalue weighted by Gasteiger charge is 2.20. The van der Waals surface area contributed by atoms with Crippen molar-refractivity contribution in [3.8, 4) is 0 Å². The second-order valence-corrected chi connectivity index (χ2v) is 3.94. The summed E-state index contributed by atoms with van der Waals surface area (Å²) >= 11 is 0. The summed E-state index contributed by atoms with van der Waals surface area (Å²) in [6, 6.07) is 5.98. The standard InChI is InChI=1S/C12H15NO2.ClH/c1-15-12(14)11-4-2-3-8-7-9(13)5-6-10(8)11;/h2-4,9H,5-7,13H2,1H3;1H. The van der Waals surface area contributed by atoms with E-state index in [4.69, 9.17) is 10.5 Å². The molecule has 1 aliphatic rings. The van der Waals surface area contributed by atoms with Crippen LogP contribution in [-0.4, -0.2) is 19.1 Å². The van der Waals surface area contributed by atoms with Gasteiger partial charge in [-0.1, -0.05) is 12.1 Å². The number of hydrogen-bond donors (Lipinski definition) is 1. The minimum Gasteiger partial charge on any atom is -0.465 e. The van der Waals surface area contributed by atoms with Crippen LogP contribution in [0.3, 0.4) is 0 Å². The highest BCUT2D eigenvalue weighted by atomic mass is 35.5. The van der Waals surface area contributed by atoms with Crippen LogP contribution in [0.4, 0.5) is 0 Å². The van der Waals surface area contributed by atoms with Gasteiger partial charge in [-0.2, -0.15) is 0 Å². The topological polar surface area (TPSA) is 52.3 Å². The first-order valence-electron chi connectivity index (χ1n) is 5.17. The molecule has 0 bridgehead atoms. The monoisotopic (exact) mass is 241 g/mol. The van der Waals surface area contributed by atoms with Crippen LogP contribution in [0.15, 0.2) is 18.2 Å². The molecule has 0 fully saturated rings. The second kappa shape index (κ2) is 5.32. The molecule has 1 atom stereocenters. The van der Waals surface area contributed by atoms with E-state index >= 15 is 0 Å². The number of rotatable bonds is 1. The van der Waals surface area contributed by atoms with Crippen LogP contribution in [0.25, 0.3) is 0 Å². The lowest BCUT2D eigenvalue weighted by atomic mass is 9.86. The molecule has 88 valence electrons. The molecule has 0 aromatic heterocycles. The number of halogens is 1. The SMILES string of the molecule is COC(=O)c1cccc2c1CCC(N)C2.Cl. The number of fused-ring (bicyclic) bond motifs is 1. The van der Waals surface area contributed by atoms with Crippen molar-refractivity contribution >= 4 is 18.4 Å². The molecule has 2 rings (SSSR count). The zero-order valence-corrected chi connectivity index (χ0v) is 10.0. The quantitative estimate of drug-likeness (QED) is 0.762. The predicted octanol–water partition coefficient (Wildman–Crippen LogP) is 1.71. The van der Waals surface area contributed by atoms with Gasteiger partial charge in [0.1, 0.15) is 0 Å². The number of ether oxygens (including phenoxy) is 1. The van der Waals surface area contributed by atoms with Crippen LogP contribution in [0.2, 0.25) is 0 Å². The van der Waals surface area contributed by atoms with Crippen LogP contribution in [0.5, 0.6) is 0 Å². The van der Waals surface area contributed by atoms with Crippen molar-refractivity contribution in [2.24, 2.45) is 5.73 Å². The van der Waals surface area contributed by atoms with Crippen LogP contribution >= 0.6 is 12.4 Å². The van der Waals surface area contributed by atoms with E-state index in [-0.39, 0.29) is 24.4 Å². The van der Waals surface area contributed by atoms with Crippen molar-refractivity contribution < 1.29 is 9.53 Å². The van der Waals surface area contributed by atoms with Gasteiger partial charge in [0.25, 0.3) is 0 Å². The summed E-state index contributed by atoms with van der Waals surface area (Å²) in [5, 5.41) is 0. The van der Waals surface area contributed by atoms with E-state index in [9.17, 15) is 4.79 Å². The van der Waals surface area contributed by atoms with Crippen molar-refractivity contribution in [2.75, 3.05) is 7.11 Å². The van der Waals surface area contributed by atoms with Crippen molar-refractivity contribution in [1.29, 1.82) is 0 Å². The zero-order valence-electron chi connectivity index (χ0n) is 9.23. The minimum atomic E-state index is -0.248. The van der Waals surface area contributed by atoms with Crippen molar-refractivity contribution in [3.63, 3.8) is 0 Å². The van der Waals surface area contributed by atoms with E-state index in [1.165, 1.54) is 12.7 Å². The Hall–Kier alpha value is -1.06. The number of benzene rings is 1. The number of carbonyl (C=O) groups excluding carboxylic acids is 1. The van der Waals surface area contributed by atoms with Gasteiger partial charge in [-0.3, -0.25) is 0 Å². The number of carbonyl (C=O) groups is 1.